The van der Waals surface area contributed by atoms with Crippen LogP contribution >= 0.6 is 11.6 Å². The summed E-state index contributed by atoms with van der Waals surface area (Å²) >= 11 is 6.05. The Hall–Kier alpha value is -1.32. The molecule has 2 atom stereocenters. The maximum absolute atomic E-state index is 6.05. The van der Waals surface area contributed by atoms with Crippen molar-refractivity contribution in [1.82, 2.24) is 9.88 Å². The van der Waals surface area contributed by atoms with E-state index >= 15 is 0 Å². The summed E-state index contributed by atoms with van der Waals surface area (Å²) < 4.78 is 0. The van der Waals surface area contributed by atoms with Crippen molar-refractivity contribution in [3.05, 3.63) is 36.0 Å². The molecule has 0 N–H and O–H groups in total. The summed E-state index contributed by atoms with van der Waals surface area (Å²) in [6.45, 7) is 6.58. The number of piperazine rings is 1. The minimum absolute atomic E-state index is 0.503. The van der Waals surface area contributed by atoms with Gasteiger partial charge in [-0.25, -0.2) is 4.98 Å². The Kier molecular flexibility index (Phi) is 4.05. The molecule has 1 saturated heterocycles. The van der Waals surface area contributed by atoms with Gasteiger partial charge in [-0.05, 0) is 31.8 Å². The van der Waals surface area contributed by atoms with Crippen LogP contribution in [0.25, 0.3) is 10.8 Å². The molecular weight excluding hydrogens is 282 g/mol. The Labute approximate surface area is 131 Å². The number of nitrogens with zero attached hydrogens (tertiary/aromatic N) is 3. The molecule has 2 aromatic rings. The number of benzene rings is 1. The Bertz CT molecular complexity index is 631. The average Bonchev–Trinajstić information content (AvgIpc) is 2.51. The molecule has 4 heteroatoms. The number of halogens is 1. The van der Waals surface area contributed by atoms with E-state index in [0.29, 0.717) is 18.0 Å². The zero-order chi connectivity index (χ0) is 15.0. The maximum atomic E-state index is 6.05. The number of pyridine rings is 1. The molecule has 0 amide bonds. The number of likely N-dealkylation sites (N-methyl/N-ethyl adjacent to an activating group) is 1. The normalized spacial score (nSPS) is 23.7. The number of anilines is 1. The van der Waals surface area contributed by atoms with Gasteiger partial charge in [-0.1, -0.05) is 24.3 Å². The number of alkyl halides is 1. The molecule has 0 spiro atoms. The van der Waals surface area contributed by atoms with E-state index in [9.17, 15) is 0 Å². The summed E-state index contributed by atoms with van der Waals surface area (Å²) in [5.41, 5.74) is 1.10. The second-order valence-corrected chi connectivity index (χ2v) is 6.32. The van der Waals surface area contributed by atoms with E-state index in [1.54, 1.807) is 0 Å². The standard InChI is InChI=1S/C17H22ClN3/c1-12-10-21(11-13(2)20(12)3)17-16-7-5-4-6-15(16)14(8-18)9-19-17/h4-7,9,12-13H,8,10-11H2,1-3H3. The monoisotopic (exact) mass is 303 g/mol. The van der Waals surface area contributed by atoms with Gasteiger partial charge in [0.25, 0.3) is 0 Å². The minimum Gasteiger partial charge on any atom is -0.353 e. The third-order valence-corrected chi connectivity index (χ3v) is 4.95. The third-order valence-electron chi connectivity index (χ3n) is 4.66. The van der Waals surface area contributed by atoms with Gasteiger partial charge in [-0.3, -0.25) is 4.90 Å². The van der Waals surface area contributed by atoms with Gasteiger partial charge in [-0.15, -0.1) is 11.6 Å². The average molecular weight is 304 g/mol. The van der Waals surface area contributed by atoms with Gasteiger partial charge in [0.05, 0.1) is 0 Å². The Morgan fingerprint density at radius 3 is 2.38 bits per heavy atom. The van der Waals surface area contributed by atoms with Crippen LogP contribution in [0.15, 0.2) is 30.5 Å². The predicted molar refractivity (Wildman–Crippen MR) is 90.2 cm³/mol. The predicted octanol–water partition coefficient (Wildman–Crippen LogP) is 3.50. The highest BCUT2D eigenvalue weighted by Gasteiger charge is 2.28. The molecule has 1 aliphatic rings. The molecule has 1 aromatic heterocycles. The van der Waals surface area contributed by atoms with Gasteiger partial charge in [0, 0.05) is 42.6 Å². The van der Waals surface area contributed by atoms with Gasteiger partial charge in [-0.2, -0.15) is 0 Å². The Balaban J connectivity index is 2.05. The van der Waals surface area contributed by atoms with E-state index in [2.05, 4.69) is 55.0 Å². The maximum Gasteiger partial charge on any atom is 0.136 e. The summed E-state index contributed by atoms with van der Waals surface area (Å²) in [4.78, 5) is 9.57. The van der Waals surface area contributed by atoms with Crippen LogP contribution in [-0.2, 0) is 5.88 Å². The number of rotatable bonds is 2. The smallest absolute Gasteiger partial charge is 0.136 e. The summed E-state index contributed by atoms with van der Waals surface area (Å²) in [6.07, 6.45) is 1.93. The fourth-order valence-corrected chi connectivity index (χ4v) is 3.39. The SMILES string of the molecule is CC1CN(c2ncc(CCl)c3ccccc23)CC(C)N1C. The van der Waals surface area contributed by atoms with Gasteiger partial charge in [0.2, 0.25) is 0 Å². The van der Waals surface area contributed by atoms with Gasteiger partial charge >= 0.3 is 0 Å². The Morgan fingerprint density at radius 2 is 1.76 bits per heavy atom. The first-order valence-corrected chi connectivity index (χ1v) is 8.04. The molecule has 1 aromatic carbocycles. The van der Waals surface area contributed by atoms with Crippen molar-refractivity contribution in [2.45, 2.75) is 31.8 Å². The highest BCUT2D eigenvalue weighted by molar-refractivity contribution is 6.18. The lowest BCUT2D eigenvalue weighted by molar-refractivity contribution is 0.170. The lowest BCUT2D eigenvalue weighted by Gasteiger charge is -2.43. The summed E-state index contributed by atoms with van der Waals surface area (Å²) in [5.74, 6) is 1.59. The number of aromatic nitrogens is 1. The van der Waals surface area contributed by atoms with Crippen LogP contribution in [0.2, 0.25) is 0 Å². The van der Waals surface area contributed by atoms with Gasteiger partial charge in [0.1, 0.15) is 5.82 Å². The molecular formula is C17H22ClN3. The zero-order valence-electron chi connectivity index (χ0n) is 12.9. The first-order valence-electron chi connectivity index (χ1n) is 7.51. The van der Waals surface area contributed by atoms with Crippen LogP contribution in [0.1, 0.15) is 19.4 Å². The van der Waals surface area contributed by atoms with Crippen LogP contribution in [-0.4, -0.2) is 42.1 Å². The number of hydrogen-bond donors (Lipinski definition) is 0. The van der Waals surface area contributed by atoms with Gasteiger partial charge < -0.3 is 4.90 Å². The molecule has 3 nitrogen and oxygen atoms in total. The molecule has 3 rings (SSSR count). The second-order valence-electron chi connectivity index (χ2n) is 6.05. The van der Waals surface area contributed by atoms with Gasteiger partial charge in [0.15, 0.2) is 0 Å². The second kappa shape index (κ2) is 5.82. The van der Waals surface area contributed by atoms with Crippen molar-refractivity contribution in [2.75, 3.05) is 25.0 Å². The molecule has 0 radical (unpaired) electrons. The molecule has 2 unspecified atom stereocenters. The van der Waals surface area contributed by atoms with Crippen LogP contribution in [0.4, 0.5) is 5.82 Å². The van der Waals surface area contributed by atoms with E-state index in [1.807, 2.05) is 6.20 Å². The first kappa shape index (κ1) is 14.6. The minimum atomic E-state index is 0.503. The van der Waals surface area contributed by atoms with E-state index in [1.165, 1.54) is 10.8 Å². The van der Waals surface area contributed by atoms with Crippen LogP contribution in [0.3, 0.4) is 0 Å². The highest BCUT2D eigenvalue weighted by Crippen LogP contribution is 2.30. The van der Waals surface area contributed by atoms with Crippen molar-refractivity contribution in [3.8, 4) is 0 Å². The summed E-state index contributed by atoms with van der Waals surface area (Å²) in [5, 5.41) is 2.43. The molecule has 1 aliphatic heterocycles. The summed E-state index contributed by atoms with van der Waals surface area (Å²) in [7, 11) is 2.20. The van der Waals surface area contributed by atoms with Crippen molar-refractivity contribution >= 4 is 28.2 Å². The third kappa shape index (κ3) is 2.60. The molecule has 0 saturated carbocycles. The lowest BCUT2D eigenvalue weighted by Crippen LogP contribution is -2.55. The van der Waals surface area contributed by atoms with Crippen molar-refractivity contribution in [1.29, 1.82) is 0 Å². The van der Waals surface area contributed by atoms with Crippen LogP contribution in [0.5, 0.6) is 0 Å². The van der Waals surface area contributed by atoms with E-state index in [0.717, 1.165) is 24.5 Å². The molecule has 0 aliphatic carbocycles. The summed E-state index contributed by atoms with van der Waals surface area (Å²) in [6, 6.07) is 9.50. The number of fused-ring (bicyclic) bond motifs is 1. The lowest BCUT2D eigenvalue weighted by atomic mass is 10.1. The van der Waals surface area contributed by atoms with E-state index < -0.39 is 0 Å². The topological polar surface area (TPSA) is 19.4 Å². The van der Waals surface area contributed by atoms with Crippen LogP contribution in [0, 0.1) is 0 Å². The molecule has 1 fully saturated rings. The van der Waals surface area contributed by atoms with Crippen molar-refractivity contribution in [3.63, 3.8) is 0 Å². The molecule has 0 bridgehead atoms. The van der Waals surface area contributed by atoms with E-state index in [-0.39, 0.29) is 0 Å². The van der Waals surface area contributed by atoms with Crippen molar-refractivity contribution in [2.24, 2.45) is 0 Å². The highest BCUT2D eigenvalue weighted by atomic mass is 35.5. The fourth-order valence-electron chi connectivity index (χ4n) is 3.17. The quantitative estimate of drug-likeness (QED) is 0.792. The fraction of sp³-hybridized carbons (Fsp3) is 0.471. The van der Waals surface area contributed by atoms with Crippen molar-refractivity contribution < 1.29 is 0 Å². The van der Waals surface area contributed by atoms with E-state index in [4.69, 9.17) is 16.6 Å². The van der Waals surface area contributed by atoms with Crippen LogP contribution < -0.4 is 4.90 Å². The largest absolute Gasteiger partial charge is 0.353 e. The number of hydrogen-bond acceptors (Lipinski definition) is 3. The molecule has 112 valence electrons. The zero-order valence-corrected chi connectivity index (χ0v) is 13.6. The first-order chi connectivity index (χ1) is 10.1. The molecule has 2 heterocycles. The molecule has 21 heavy (non-hydrogen) atoms. The Morgan fingerprint density at radius 1 is 1.14 bits per heavy atom.